The predicted octanol–water partition coefficient (Wildman–Crippen LogP) is 15.0. The smallest absolute Gasteiger partial charge is 0.134 e. The molecule has 3 aliphatic rings. The number of fused-ring (bicyclic) bond motifs is 14. The third-order valence-corrected chi connectivity index (χ3v) is 13.8. The van der Waals surface area contributed by atoms with Crippen LogP contribution in [0.4, 0.5) is 17.1 Å². The van der Waals surface area contributed by atoms with Crippen LogP contribution >= 0.6 is 0 Å². The number of aromatic nitrogens is 1. The fourth-order valence-corrected chi connectivity index (χ4v) is 11.2. The van der Waals surface area contributed by atoms with E-state index in [1.165, 1.54) is 66.4 Å². The Balaban J connectivity index is 1.09. The Labute approximate surface area is 355 Å². The molecule has 61 heavy (non-hydrogen) atoms. The summed E-state index contributed by atoms with van der Waals surface area (Å²) in [6, 6.07) is 75.8. The van der Waals surface area contributed by atoms with E-state index in [9.17, 15) is 0 Å². The molecule has 0 bridgehead atoms. The topological polar surface area (TPSA) is 17.4 Å². The fraction of sp³-hybridized carbons (Fsp3) is 0.0690. The van der Waals surface area contributed by atoms with Crippen LogP contribution in [-0.4, -0.2) is 4.57 Å². The largest absolute Gasteiger partial charge is 0.457 e. The molecule has 10 aromatic rings. The number of ether oxygens (including phenoxy) is 1. The number of para-hydroxylation sites is 5. The molecule has 1 aliphatic carbocycles. The summed E-state index contributed by atoms with van der Waals surface area (Å²) in [6.07, 6.45) is 0. The highest BCUT2D eigenvalue weighted by molar-refractivity contribution is 6.12. The Morgan fingerprint density at radius 1 is 0.426 bits per heavy atom. The molecule has 0 fully saturated rings. The molecule has 3 nitrogen and oxygen atoms in total. The summed E-state index contributed by atoms with van der Waals surface area (Å²) in [5, 5.41) is 2.52. The van der Waals surface area contributed by atoms with Crippen LogP contribution < -0.4 is 9.64 Å². The first-order chi connectivity index (χ1) is 30.0. The molecular formula is C58H40N2O. The highest BCUT2D eigenvalue weighted by Gasteiger charge is 2.50. The second-order valence-electron chi connectivity index (χ2n) is 17.2. The summed E-state index contributed by atoms with van der Waals surface area (Å²) in [6.45, 7) is 4.71. The van der Waals surface area contributed by atoms with Crippen molar-refractivity contribution in [3.05, 3.63) is 240 Å². The molecule has 3 heterocycles. The van der Waals surface area contributed by atoms with Crippen LogP contribution in [0.3, 0.4) is 0 Å². The molecule has 1 spiro atoms. The molecule has 3 heteroatoms. The number of nitrogens with zero attached hydrogens (tertiary/aromatic N) is 2. The Bertz CT molecular complexity index is 3450. The van der Waals surface area contributed by atoms with Crippen LogP contribution in [-0.2, 0) is 10.8 Å². The van der Waals surface area contributed by atoms with E-state index >= 15 is 0 Å². The lowest BCUT2D eigenvalue weighted by molar-refractivity contribution is 0.434. The minimum atomic E-state index is -0.640. The average molecular weight is 781 g/mol. The lowest BCUT2D eigenvalue weighted by Crippen LogP contribution is -2.37. The van der Waals surface area contributed by atoms with E-state index in [1.807, 2.05) is 0 Å². The van der Waals surface area contributed by atoms with Crippen molar-refractivity contribution >= 4 is 38.9 Å². The van der Waals surface area contributed by atoms with Crippen LogP contribution in [0.15, 0.2) is 206 Å². The molecule has 0 saturated heterocycles. The quantitative estimate of drug-likeness (QED) is 0.177. The number of anilines is 3. The van der Waals surface area contributed by atoms with Crippen LogP contribution in [0.5, 0.6) is 11.5 Å². The van der Waals surface area contributed by atoms with Crippen molar-refractivity contribution in [3.8, 4) is 39.4 Å². The van der Waals surface area contributed by atoms with Crippen molar-refractivity contribution in [1.29, 1.82) is 0 Å². The van der Waals surface area contributed by atoms with E-state index in [-0.39, 0.29) is 5.41 Å². The Kier molecular flexibility index (Phi) is 6.99. The van der Waals surface area contributed by atoms with Gasteiger partial charge in [0.25, 0.3) is 0 Å². The minimum Gasteiger partial charge on any atom is -0.457 e. The molecule has 288 valence electrons. The third kappa shape index (κ3) is 4.53. The molecule has 13 rings (SSSR count). The molecule has 0 N–H and O–H groups in total. The van der Waals surface area contributed by atoms with E-state index in [1.54, 1.807) is 0 Å². The van der Waals surface area contributed by atoms with E-state index < -0.39 is 5.41 Å². The van der Waals surface area contributed by atoms with Crippen molar-refractivity contribution < 1.29 is 4.74 Å². The van der Waals surface area contributed by atoms with Crippen molar-refractivity contribution in [2.24, 2.45) is 0 Å². The van der Waals surface area contributed by atoms with E-state index in [4.69, 9.17) is 4.74 Å². The van der Waals surface area contributed by atoms with Gasteiger partial charge in [-0.3, -0.25) is 0 Å². The molecule has 0 radical (unpaired) electrons. The first-order valence-corrected chi connectivity index (χ1v) is 21.3. The number of hydrogen-bond acceptors (Lipinski definition) is 2. The lowest BCUT2D eigenvalue weighted by atomic mass is 9.62. The summed E-state index contributed by atoms with van der Waals surface area (Å²) in [4.78, 5) is 2.44. The highest BCUT2D eigenvalue weighted by atomic mass is 16.5. The van der Waals surface area contributed by atoms with Crippen LogP contribution in [0.1, 0.15) is 47.2 Å². The van der Waals surface area contributed by atoms with Gasteiger partial charge in [-0.25, -0.2) is 0 Å². The SMILES string of the molecule is CC1(C)c2ccccc2-c2ccc(N(c3ccc4c(c3)Oc3ccccc3C43c4ccccc4-n4c5ccccc5c5cccc3c54)c3ccccc3-c3ccccc3)cc21. The normalized spacial score (nSPS) is 16.0. The summed E-state index contributed by atoms with van der Waals surface area (Å²) in [7, 11) is 0. The van der Waals surface area contributed by atoms with Gasteiger partial charge in [-0.1, -0.05) is 172 Å². The zero-order valence-electron chi connectivity index (χ0n) is 33.9. The monoisotopic (exact) mass is 780 g/mol. The second kappa shape index (κ2) is 12.5. The fourth-order valence-electron chi connectivity index (χ4n) is 11.2. The van der Waals surface area contributed by atoms with Gasteiger partial charge in [0.1, 0.15) is 11.5 Å². The van der Waals surface area contributed by atoms with Crippen molar-refractivity contribution in [3.63, 3.8) is 0 Å². The number of rotatable bonds is 4. The van der Waals surface area contributed by atoms with Gasteiger partial charge in [-0.05, 0) is 81.4 Å². The van der Waals surface area contributed by atoms with Gasteiger partial charge in [0.15, 0.2) is 0 Å². The number of benzene rings is 9. The Morgan fingerprint density at radius 2 is 1.05 bits per heavy atom. The number of hydrogen-bond donors (Lipinski definition) is 0. The average Bonchev–Trinajstić information content (AvgIpc) is 3.77. The summed E-state index contributed by atoms with van der Waals surface area (Å²) < 4.78 is 9.64. The zero-order valence-corrected chi connectivity index (χ0v) is 33.9. The Morgan fingerprint density at radius 3 is 1.93 bits per heavy atom. The molecule has 0 saturated carbocycles. The summed E-state index contributed by atoms with van der Waals surface area (Å²) in [5.41, 5.74) is 18.5. The van der Waals surface area contributed by atoms with Crippen LogP contribution in [0.25, 0.3) is 49.7 Å². The lowest BCUT2D eigenvalue weighted by Gasteiger charge is -2.45. The first-order valence-electron chi connectivity index (χ1n) is 21.3. The van der Waals surface area contributed by atoms with Crippen LogP contribution in [0.2, 0.25) is 0 Å². The summed E-state index contributed by atoms with van der Waals surface area (Å²) >= 11 is 0. The predicted molar refractivity (Wildman–Crippen MR) is 250 cm³/mol. The van der Waals surface area contributed by atoms with E-state index in [0.717, 1.165) is 45.3 Å². The third-order valence-electron chi connectivity index (χ3n) is 13.8. The molecular weight excluding hydrogens is 741 g/mol. The van der Waals surface area contributed by atoms with Gasteiger partial charge in [-0.2, -0.15) is 0 Å². The second-order valence-corrected chi connectivity index (χ2v) is 17.2. The highest BCUT2D eigenvalue weighted by Crippen LogP contribution is 2.61. The molecule has 2 aliphatic heterocycles. The molecule has 1 unspecified atom stereocenters. The van der Waals surface area contributed by atoms with Gasteiger partial charge < -0.3 is 14.2 Å². The first kappa shape index (κ1) is 34.3. The molecule has 0 amide bonds. The molecule has 1 aromatic heterocycles. The maximum absolute atomic E-state index is 7.16. The molecule has 1 atom stereocenters. The van der Waals surface area contributed by atoms with E-state index in [2.05, 4.69) is 230 Å². The maximum Gasteiger partial charge on any atom is 0.134 e. The van der Waals surface area contributed by atoms with Gasteiger partial charge in [0.2, 0.25) is 0 Å². The van der Waals surface area contributed by atoms with Crippen molar-refractivity contribution in [1.82, 2.24) is 4.57 Å². The van der Waals surface area contributed by atoms with E-state index in [0.29, 0.717) is 0 Å². The molecule has 9 aromatic carbocycles. The van der Waals surface area contributed by atoms with Gasteiger partial charge in [-0.15, -0.1) is 0 Å². The van der Waals surface area contributed by atoms with Crippen molar-refractivity contribution in [2.45, 2.75) is 24.7 Å². The Hall–Kier alpha value is -7.62. The maximum atomic E-state index is 7.16. The standard InChI is InChI=1S/C58H40N2O/c1-57(2)45-23-9-6-20-41(45)42-33-31-38(35-50(42)57)59(51-27-12-7-19-40(51)37-17-4-3-5-18-37)39-32-34-48-55(36-39)61-54-30-15-11-25-47(54)58(48)46-24-10-14-29-53(46)60-52-28-13-8-21-43(52)44-22-16-26-49(58)56(44)60/h3-36H,1-2H3. The van der Waals surface area contributed by atoms with Crippen molar-refractivity contribution in [2.75, 3.05) is 4.90 Å². The van der Waals surface area contributed by atoms with Crippen LogP contribution in [0, 0.1) is 0 Å². The zero-order chi connectivity index (χ0) is 40.5. The summed E-state index contributed by atoms with van der Waals surface area (Å²) in [5.74, 6) is 1.72. The minimum absolute atomic E-state index is 0.153. The van der Waals surface area contributed by atoms with Gasteiger partial charge in [0.05, 0.1) is 27.8 Å². The van der Waals surface area contributed by atoms with Gasteiger partial charge >= 0.3 is 0 Å². The van der Waals surface area contributed by atoms with Gasteiger partial charge in [0, 0.05) is 50.3 Å².